The number of benzene rings is 2. The minimum absolute atomic E-state index is 0.00126. The van der Waals surface area contributed by atoms with E-state index in [0.29, 0.717) is 17.7 Å². The van der Waals surface area contributed by atoms with Crippen molar-refractivity contribution >= 4 is 5.91 Å². The summed E-state index contributed by atoms with van der Waals surface area (Å²) in [4.78, 5) is 11.9. The highest BCUT2D eigenvalue weighted by Gasteiger charge is 2.08. The maximum atomic E-state index is 12.0. The molecule has 1 N–H and O–H groups in total. The largest absolute Gasteiger partial charge is 0.435 e. The first-order valence-electron chi connectivity index (χ1n) is 6.40. The first-order valence-corrected chi connectivity index (χ1v) is 6.40. The third-order valence-corrected chi connectivity index (χ3v) is 2.88. The number of rotatable bonds is 5. The van der Waals surface area contributed by atoms with E-state index in [9.17, 15) is 13.6 Å². The first kappa shape index (κ1) is 15.4. The van der Waals surface area contributed by atoms with E-state index in [-0.39, 0.29) is 11.7 Å². The zero-order chi connectivity index (χ0) is 15.9. The monoisotopic (exact) mass is 302 g/mol. The molecule has 2 rings (SSSR count). The molecule has 0 saturated heterocycles. The number of halogens is 2. The fourth-order valence-corrected chi connectivity index (χ4v) is 1.77. The Balaban J connectivity index is 1.92. The third kappa shape index (κ3) is 4.28. The number of nitriles is 1. The maximum Gasteiger partial charge on any atom is 0.387 e. The number of ether oxygens (including phenoxy) is 1. The van der Waals surface area contributed by atoms with Crippen molar-refractivity contribution in [2.24, 2.45) is 0 Å². The van der Waals surface area contributed by atoms with E-state index in [1.165, 1.54) is 24.3 Å². The Morgan fingerprint density at radius 1 is 1.14 bits per heavy atom. The summed E-state index contributed by atoms with van der Waals surface area (Å²) in [7, 11) is 0. The smallest absolute Gasteiger partial charge is 0.387 e. The van der Waals surface area contributed by atoms with E-state index < -0.39 is 6.61 Å². The Morgan fingerprint density at radius 2 is 1.77 bits per heavy atom. The average Bonchev–Trinajstić information content (AvgIpc) is 2.53. The van der Waals surface area contributed by atoms with Crippen LogP contribution in [0.3, 0.4) is 0 Å². The molecule has 2 aromatic rings. The number of carbonyl (C=O) groups excluding carboxylic acids is 1. The van der Waals surface area contributed by atoms with Gasteiger partial charge < -0.3 is 10.1 Å². The first-order chi connectivity index (χ1) is 10.6. The number of hydrogen-bond acceptors (Lipinski definition) is 3. The summed E-state index contributed by atoms with van der Waals surface area (Å²) in [6.07, 6.45) is 0. The quantitative estimate of drug-likeness (QED) is 0.923. The van der Waals surface area contributed by atoms with Crippen LogP contribution in [0.1, 0.15) is 21.5 Å². The fraction of sp³-hybridized carbons (Fsp3) is 0.125. The van der Waals surface area contributed by atoms with Gasteiger partial charge in [0.1, 0.15) is 5.75 Å². The number of carbonyl (C=O) groups is 1. The van der Waals surface area contributed by atoms with Gasteiger partial charge in [0.15, 0.2) is 0 Å². The molecule has 0 aliphatic heterocycles. The van der Waals surface area contributed by atoms with Crippen LogP contribution in [-0.4, -0.2) is 12.5 Å². The van der Waals surface area contributed by atoms with E-state index in [1.807, 2.05) is 6.07 Å². The predicted molar refractivity (Wildman–Crippen MR) is 75.4 cm³/mol. The Kier molecular flexibility index (Phi) is 5.04. The SMILES string of the molecule is N#Cc1ccc(CNC(=O)c2ccc(OC(F)F)cc2)cc1. The number of alkyl halides is 2. The lowest BCUT2D eigenvalue weighted by atomic mass is 10.1. The van der Waals surface area contributed by atoms with Crippen LogP contribution in [0.15, 0.2) is 48.5 Å². The van der Waals surface area contributed by atoms with Gasteiger partial charge in [-0.3, -0.25) is 4.79 Å². The van der Waals surface area contributed by atoms with Gasteiger partial charge in [0.05, 0.1) is 11.6 Å². The van der Waals surface area contributed by atoms with Crippen molar-refractivity contribution in [1.29, 1.82) is 5.26 Å². The lowest BCUT2D eigenvalue weighted by Gasteiger charge is -2.07. The molecule has 112 valence electrons. The summed E-state index contributed by atoms with van der Waals surface area (Å²) in [5, 5.41) is 11.4. The van der Waals surface area contributed by atoms with E-state index >= 15 is 0 Å². The van der Waals surface area contributed by atoms with Gasteiger partial charge in [-0.05, 0) is 42.0 Å². The Morgan fingerprint density at radius 3 is 2.32 bits per heavy atom. The standard InChI is InChI=1S/C16H12F2N2O2/c17-16(18)22-14-7-5-13(6-8-14)15(21)20-10-12-3-1-11(9-19)2-4-12/h1-8,16H,10H2,(H,20,21). The molecule has 22 heavy (non-hydrogen) atoms. The molecule has 0 atom stereocenters. The molecule has 0 aliphatic rings. The topological polar surface area (TPSA) is 62.1 Å². The number of nitrogens with zero attached hydrogens (tertiary/aromatic N) is 1. The summed E-state index contributed by atoms with van der Waals surface area (Å²) in [6.45, 7) is -2.59. The van der Waals surface area contributed by atoms with Crippen molar-refractivity contribution in [1.82, 2.24) is 5.32 Å². The molecule has 6 heteroatoms. The van der Waals surface area contributed by atoms with Crippen molar-refractivity contribution in [2.45, 2.75) is 13.2 Å². The van der Waals surface area contributed by atoms with Gasteiger partial charge in [0, 0.05) is 12.1 Å². The zero-order valence-corrected chi connectivity index (χ0v) is 11.4. The molecule has 0 radical (unpaired) electrons. The highest BCUT2D eigenvalue weighted by atomic mass is 19.3. The van der Waals surface area contributed by atoms with Crippen molar-refractivity contribution in [3.8, 4) is 11.8 Å². The molecule has 0 heterocycles. The highest BCUT2D eigenvalue weighted by molar-refractivity contribution is 5.94. The van der Waals surface area contributed by atoms with E-state index in [2.05, 4.69) is 10.1 Å². The lowest BCUT2D eigenvalue weighted by molar-refractivity contribution is -0.0498. The molecular weight excluding hydrogens is 290 g/mol. The summed E-state index contributed by atoms with van der Waals surface area (Å²) in [5.41, 5.74) is 1.74. The second-order valence-electron chi connectivity index (χ2n) is 4.39. The minimum atomic E-state index is -2.89. The molecule has 0 spiro atoms. The molecule has 0 unspecified atom stereocenters. The fourth-order valence-electron chi connectivity index (χ4n) is 1.77. The summed E-state index contributed by atoms with van der Waals surface area (Å²) < 4.78 is 28.2. The van der Waals surface area contributed by atoms with Gasteiger partial charge in [-0.1, -0.05) is 12.1 Å². The number of amides is 1. The van der Waals surface area contributed by atoms with Crippen LogP contribution in [0.2, 0.25) is 0 Å². The predicted octanol–water partition coefficient (Wildman–Crippen LogP) is 3.09. The molecular formula is C16H12F2N2O2. The van der Waals surface area contributed by atoms with Crippen LogP contribution in [-0.2, 0) is 6.54 Å². The third-order valence-electron chi connectivity index (χ3n) is 2.88. The Labute approximate surface area is 125 Å². The van der Waals surface area contributed by atoms with E-state index in [0.717, 1.165) is 5.56 Å². The van der Waals surface area contributed by atoms with Crippen LogP contribution in [0.5, 0.6) is 5.75 Å². The van der Waals surface area contributed by atoms with Crippen molar-refractivity contribution < 1.29 is 18.3 Å². The van der Waals surface area contributed by atoms with Crippen molar-refractivity contribution in [3.63, 3.8) is 0 Å². The van der Waals surface area contributed by atoms with Crippen LogP contribution < -0.4 is 10.1 Å². The second kappa shape index (κ2) is 7.18. The van der Waals surface area contributed by atoms with Crippen LogP contribution in [0.4, 0.5) is 8.78 Å². The molecule has 0 bridgehead atoms. The van der Waals surface area contributed by atoms with Gasteiger partial charge in [0.25, 0.3) is 5.91 Å². The van der Waals surface area contributed by atoms with Crippen LogP contribution in [0, 0.1) is 11.3 Å². The van der Waals surface area contributed by atoms with Crippen molar-refractivity contribution in [2.75, 3.05) is 0 Å². The minimum Gasteiger partial charge on any atom is -0.435 e. The number of nitrogens with one attached hydrogen (secondary N) is 1. The van der Waals surface area contributed by atoms with Gasteiger partial charge in [-0.15, -0.1) is 0 Å². The number of hydrogen-bond donors (Lipinski definition) is 1. The lowest BCUT2D eigenvalue weighted by Crippen LogP contribution is -2.22. The van der Waals surface area contributed by atoms with Crippen LogP contribution in [0.25, 0.3) is 0 Å². The summed E-state index contributed by atoms with van der Waals surface area (Å²) >= 11 is 0. The van der Waals surface area contributed by atoms with Gasteiger partial charge >= 0.3 is 6.61 Å². The summed E-state index contributed by atoms with van der Waals surface area (Å²) in [6, 6.07) is 14.3. The molecule has 0 saturated carbocycles. The maximum absolute atomic E-state index is 12.0. The normalized spacial score (nSPS) is 10.1. The molecule has 0 fully saturated rings. The van der Waals surface area contributed by atoms with Crippen molar-refractivity contribution in [3.05, 3.63) is 65.2 Å². The highest BCUT2D eigenvalue weighted by Crippen LogP contribution is 2.15. The zero-order valence-electron chi connectivity index (χ0n) is 11.4. The Hall–Kier alpha value is -2.94. The van der Waals surface area contributed by atoms with E-state index in [4.69, 9.17) is 5.26 Å². The molecule has 4 nitrogen and oxygen atoms in total. The molecule has 1 amide bonds. The van der Waals surface area contributed by atoms with Gasteiger partial charge in [-0.2, -0.15) is 14.0 Å². The molecule has 0 aromatic heterocycles. The van der Waals surface area contributed by atoms with E-state index in [1.54, 1.807) is 24.3 Å². The second-order valence-corrected chi connectivity index (χ2v) is 4.39. The summed E-state index contributed by atoms with van der Waals surface area (Å²) in [5.74, 6) is -0.327. The van der Waals surface area contributed by atoms with Gasteiger partial charge in [0.2, 0.25) is 0 Å². The van der Waals surface area contributed by atoms with Gasteiger partial charge in [-0.25, -0.2) is 0 Å². The average molecular weight is 302 g/mol. The molecule has 0 aliphatic carbocycles. The molecule has 2 aromatic carbocycles. The van der Waals surface area contributed by atoms with Crippen LogP contribution >= 0.6 is 0 Å². The Bertz CT molecular complexity index is 677.